The highest BCUT2D eigenvalue weighted by atomic mass is 32.1. The zero-order valence-electron chi connectivity index (χ0n) is 13.1. The first-order valence-electron chi connectivity index (χ1n) is 6.97. The zero-order chi connectivity index (χ0) is 19.0. The van der Waals surface area contributed by atoms with Crippen LogP contribution in [0.4, 0.5) is 26.3 Å². The minimum absolute atomic E-state index is 0.000196. The van der Waals surface area contributed by atoms with Crippen LogP contribution in [-0.2, 0) is 18.9 Å². The summed E-state index contributed by atoms with van der Waals surface area (Å²) in [6, 6.07) is 2.69. The predicted molar refractivity (Wildman–Crippen MR) is 81.3 cm³/mol. The normalized spacial score (nSPS) is 12.3. The molecule has 0 atom stereocenters. The number of halogens is 6. The number of thiophene rings is 1. The van der Waals surface area contributed by atoms with E-state index in [2.05, 4.69) is 0 Å². The zero-order valence-corrected chi connectivity index (χ0v) is 13.9. The van der Waals surface area contributed by atoms with E-state index in [1.54, 1.807) is 12.3 Å². The average Bonchev–Trinajstić information content (AvgIpc) is 2.89. The average molecular weight is 381 g/mol. The summed E-state index contributed by atoms with van der Waals surface area (Å²) in [6.45, 7) is 1.90. The molecule has 0 radical (unpaired) electrons. The van der Waals surface area contributed by atoms with Gasteiger partial charge in [-0.05, 0) is 42.1 Å². The van der Waals surface area contributed by atoms with Crippen LogP contribution in [0.3, 0.4) is 0 Å². The molecular weight excluding hydrogens is 368 g/mol. The molecule has 1 aromatic carbocycles. The van der Waals surface area contributed by atoms with E-state index in [0.29, 0.717) is 12.1 Å². The molecule has 1 heterocycles. The molecule has 0 spiro atoms. The molecule has 1 amide bonds. The maximum Gasteiger partial charge on any atom is 0.416 e. The maximum absolute atomic E-state index is 12.9. The Kier molecular flexibility index (Phi) is 5.17. The lowest BCUT2D eigenvalue weighted by molar-refractivity contribution is -0.143. The van der Waals surface area contributed by atoms with Gasteiger partial charge in [0.2, 0.25) is 0 Å². The Balaban J connectivity index is 2.39. The number of benzene rings is 1. The Labute approximate surface area is 143 Å². The molecule has 0 fully saturated rings. The van der Waals surface area contributed by atoms with E-state index in [4.69, 9.17) is 0 Å². The molecule has 0 aliphatic heterocycles. The SMILES string of the molecule is Cc1ccsc1CN(C)C(=O)c1cc(C(F)(F)F)cc(C(F)(F)F)c1. The van der Waals surface area contributed by atoms with E-state index in [9.17, 15) is 31.1 Å². The minimum atomic E-state index is -4.99. The third-order valence-corrected chi connectivity index (χ3v) is 4.54. The van der Waals surface area contributed by atoms with Gasteiger partial charge < -0.3 is 4.90 Å². The third-order valence-electron chi connectivity index (χ3n) is 3.53. The molecule has 0 saturated heterocycles. The largest absolute Gasteiger partial charge is 0.416 e. The quantitative estimate of drug-likeness (QED) is 0.655. The number of carbonyl (C=O) groups is 1. The summed E-state index contributed by atoms with van der Waals surface area (Å²) in [6.07, 6.45) is -9.97. The Morgan fingerprint density at radius 1 is 1.04 bits per heavy atom. The highest BCUT2D eigenvalue weighted by molar-refractivity contribution is 7.10. The van der Waals surface area contributed by atoms with Crippen molar-refractivity contribution in [3.63, 3.8) is 0 Å². The summed E-state index contributed by atoms with van der Waals surface area (Å²) in [5.74, 6) is -0.913. The molecular formula is C16H13F6NOS. The Morgan fingerprint density at radius 2 is 1.56 bits per heavy atom. The first-order chi connectivity index (χ1) is 11.4. The van der Waals surface area contributed by atoms with Crippen LogP contribution in [0, 0.1) is 6.92 Å². The second-order valence-corrected chi connectivity index (χ2v) is 6.48. The predicted octanol–water partition coefficient (Wildman–Crippen LogP) is 5.37. The van der Waals surface area contributed by atoms with Crippen LogP contribution in [0.25, 0.3) is 0 Å². The highest BCUT2D eigenvalue weighted by Crippen LogP contribution is 2.36. The third kappa shape index (κ3) is 4.53. The van der Waals surface area contributed by atoms with Crippen LogP contribution < -0.4 is 0 Å². The Hall–Kier alpha value is -2.03. The van der Waals surface area contributed by atoms with Crippen molar-refractivity contribution in [3.05, 3.63) is 56.8 Å². The molecule has 0 N–H and O–H groups in total. The summed E-state index contributed by atoms with van der Waals surface area (Å²) >= 11 is 1.35. The van der Waals surface area contributed by atoms with Crippen LogP contribution >= 0.6 is 11.3 Å². The summed E-state index contributed by atoms with van der Waals surface area (Å²) in [4.78, 5) is 14.2. The fourth-order valence-electron chi connectivity index (χ4n) is 2.15. The molecule has 9 heteroatoms. The fraction of sp³-hybridized carbons (Fsp3) is 0.312. The van der Waals surface area contributed by atoms with Gasteiger partial charge >= 0.3 is 12.4 Å². The molecule has 2 nitrogen and oxygen atoms in total. The molecule has 0 unspecified atom stereocenters. The van der Waals surface area contributed by atoms with E-state index in [1.807, 2.05) is 6.07 Å². The summed E-state index contributed by atoms with van der Waals surface area (Å²) in [5, 5.41) is 1.79. The van der Waals surface area contributed by atoms with Gasteiger partial charge in [0.1, 0.15) is 0 Å². The van der Waals surface area contributed by atoms with E-state index >= 15 is 0 Å². The smallest absolute Gasteiger partial charge is 0.337 e. The van der Waals surface area contributed by atoms with Crippen molar-refractivity contribution in [2.75, 3.05) is 7.05 Å². The van der Waals surface area contributed by atoms with Crippen molar-refractivity contribution >= 4 is 17.2 Å². The molecule has 0 aliphatic rings. The van der Waals surface area contributed by atoms with Gasteiger partial charge in [-0.3, -0.25) is 4.79 Å². The standard InChI is InChI=1S/C16H13F6NOS/c1-9-3-4-25-13(9)8-23(2)14(24)10-5-11(15(17,18)19)7-12(6-10)16(20,21)22/h3-7H,8H2,1-2H3. The monoisotopic (exact) mass is 381 g/mol. The van der Waals surface area contributed by atoms with Crippen LogP contribution in [0.5, 0.6) is 0 Å². The summed E-state index contributed by atoms with van der Waals surface area (Å²) < 4.78 is 77.2. The number of amides is 1. The number of alkyl halides is 6. The molecule has 136 valence electrons. The number of hydrogen-bond donors (Lipinski definition) is 0. The molecule has 1 aromatic heterocycles. The van der Waals surface area contributed by atoms with Crippen LogP contribution in [0.15, 0.2) is 29.6 Å². The van der Waals surface area contributed by atoms with Crippen molar-refractivity contribution in [2.24, 2.45) is 0 Å². The van der Waals surface area contributed by atoms with Crippen LogP contribution in [0.1, 0.15) is 31.9 Å². The first-order valence-corrected chi connectivity index (χ1v) is 7.85. The van der Waals surface area contributed by atoms with Gasteiger partial charge in [0.25, 0.3) is 5.91 Å². The molecule has 0 saturated carbocycles. The van der Waals surface area contributed by atoms with Gasteiger partial charge in [-0.2, -0.15) is 26.3 Å². The molecule has 25 heavy (non-hydrogen) atoms. The van der Waals surface area contributed by atoms with E-state index in [0.717, 1.165) is 15.3 Å². The fourth-order valence-corrected chi connectivity index (χ4v) is 3.11. The van der Waals surface area contributed by atoms with Crippen LogP contribution in [0.2, 0.25) is 0 Å². The minimum Gasteiger partial charge on any atom is -0.337 e. The second-order valence-electron chi connectivity index (χ2n) is 5.48. The Morgan fingerprint density at radius 3 is 1.96 bits per heavy atom. The lowest BCUT2D eigenvalue weighted by atomic mass is 10.0. The summed E-state index contributed by atoms with van der Waals surface area (Å²) in [5.41, 5.74) is -2.78. The van der Waals surface area contributed by atoms with Crippen molar-refractivity contribution in [1.29, 1.82) is 0 Å². The topological polar surface area (TPSA) is 20.3 Å². The van der Waals surface area contributed by atoms with Crippen molar-refractivity contribution in [1.82, 2.24) is 4.90 Å². The Bertz CT molecular complexity index is 745. The lowest BCUT2D eigenvalue weighted by Gasteiger charge is -2.19. The number of carbonyl (C=O) groups excluding carboxylic acids is 1. The van der Waals surface area contributed by atoms with Gasteiger partial charge in [-0.25, -0.2) is 0 Å². The molecule has 2 aromatic rings. The van der Waals surface area contributed by atoms with Gasteiger partial charge in [-0.15, -0.1) is 11.3 Å². The number of rotatable bonds is 3. The highest BCUT2D eigenvalue weighted by Gasteiger charge is 2.37. The van der Waals surface area contributed by atoms with Gasteiger partial charge in [0.15, 0.2) is 0 Å². The van der Waals surface area contributed by atoms with Gasteiger partial charge in [0.05, 0.1) is 17.7 Å². The molecule has 2 rings (SSSR count). The van der Waals surface area contributed by atoms with E-state index < -0.39 is 35.0 Å². The van der Waals surface area contributed by atoms with E-state index in [1.165, 1.54) is 18.4 Å². The molecule has 0 bridgehead atoms. The van der Waals surface area contributed by atoms with Crippen molar-refractivity contribution in [3.8, 4) is 0 Å². The first kappa shape index (κ1) is 19.3. The van der Waals surface area contributed by atoms with Crippen molar-refractivity contribution in [2.45, 2.75) is 25.8 Å². The number of hydrogen-bond acceptors (Lipinski definition) is 2. The lowest BCUT2D eigenvalue weighted by Crippen LogP contribution is -2.27. The number of aryl methyl sites for hydroxylation is 1. The van der Waals surface area contributed by atoms with E-state index in [-0.39, 0.29) is 12.6 Å². The van der Waals surface area contributed by atoms with Crippen molar-refractivity contribution < 1.29 is 31.1 Å². The molecule has 0 aliphatic carbocycles. The van der Waals surface area contributed by atoms with Gasteiger partial charge in [-0.1, -0.05) is 0 Å². The maximum atomic E-state index is 12.9. The van der Waals surface area contributed by atoms with Crippen LogP contribution in [-0.4, -0.2) is 17.9 Å². The summed E-state index contributed by atoms with van der Waals surface area (Å²) in [7, 11) is 1.33. The van der Waals surface area contributed by atoms with Gasteiger partial charge in [0, 0.05) is 17.5 Å². The second kappa shape index (κ2) is 6.70. The number of nitrogens with zero attached hydrogens (tertiary/aromatic N) is 1.